The van der Waals surface area contributed by atoms with Gasteiger partial charge in [-0.15, -0.1) is 0 Å². The molecule has 0 atom stereocenters. The molecule has 0 spiro atoms. The molecule has 0 saturated heterocycles. The Hall–Kier alpha value is -1.88. The van der Waals surface area contributed by atoms with E-state index in [-0.39, 0.29) is 18.3 Å². The van der Waals surface area contributed by atoms with Gasteiger partial charge in [0.2, 0.25) is 5.91 Å². The van der Waals surface area contributed by atoms with Gasteiger partial charge in [0, 0.05) is 10.2 Å². The molecule has 0 fully saturated rings. The first kappa shape index (κ1) is 14.5. The Balaban J connectivity index is 1.96. The highest BCUT2D eigenvalue weighted by Crippen LogP contribution is 2.22. The average Bonchev–Trinajstić information content (AvgIpc) is 2.42. The van der Waals surface area contributed by atoms with Gasteiger partial charge in [-0.3, -0.25) is 4.79 Å². The normalized spacial score (nSPS) is 10.2. The van der Waals surface area contributed by atoms with Crippen molar-refractivity contribution in [1.82, 2.24) is 0 Å². The maximum atomic E-state index is 13.1. The molecule has 104 valence electrons. The van der Waals surface area contributed by atoms with Gasteiger partial charge in [0.15, 0.2) is 0 Å². The van der Waals surface area contributed by atoms with E-state index in [1.807, 2.05) is 31.2 Å². The van der Waals surface area contributed by atoms with Crippen molar-refractivity contribution in [1.29, 1.82) is 0 Å². The smallest absolute Gasteiger partial charge is 0.243 e. The highest BCUT2D eigenvalue weighted by Gasteiger charge is 2.06. The molecule has 0 aliphatic carbocycles. The molecule has 0 saturated carbocycles. The van der Waals surface area contributed by atoms with Gasteiger partial charge in [0.25, 0.3) is 0 Å². The Morgan fingerprint density at radius 1 is 1.20 bits per heavy atom. The average molecular weight is 337 g/mol. The van der Waals surface area contributed by atoms with Crippen molar-refractivity contribution in [3.8, 4) is 0 Å². The second-order valence-corrected chi connectivity index (χ2v) is 5.20. The number of hydrogen-bond donors (Lipinski definition) is 2. The largest absolute Gasteiger partial charge is 0.375 e. The van der Waals surface area contributed by atoms with E-state index in [9.17, 15) is 9.18 Å². The summed E-state index contributed by atoms with van der Waals surface area (Å²) >= 11 is 3.30. The van der Waals surface area contributed by atoms with E-state index in [0.717, 1.165) is 11.3 Å². The summed E-state index contributed by atoms with van der Waals surface area (Å²) in [4.78, 5) is 11.9. The Kier molecular flexibility index (Phi) is 4.74. The van der Waals surface area contributed by atoms with Crippen molar-refractivity contribution in [2.45, 2.75) is 6.92 Å². The minimum atomic E-state index is -0.352. The molecule has 0 aromatic heterocycles. The molecule has 2 aromatic rings. The van der Waals surface area contributed by atoms with Crippen LogP contribution in [0.2, 0.25) is 0 Å². The Labute approximate surface area is 125 Å². The van der Waals surface area contributed by atoms with Crippen molar-refractivity contribution in [2.75, 3.05) is 17.2 Å². The van der Waals surface area contributed by atoms with Crippen molar-refractivity contribution in [3.05, 3.63) is 58.3 Å². The van der Waals surface area contributed by atoms with Crippen molar-refractivity contribution < 1.29 is 9.18 Å². The van der Waals surface area contributed by atoms with Gasteiger partial charge < -0.3 is 10.6 Å². The zero-order valence-electron chi connectivity index (χ0n) is 10.9. The molecule has 5 heteroatoms. The first-order valence-corrected chi connectivity index (χ1v) is 6.90. The molecule has 20 heavy (non-hydrogen) atoms. The second kappa shape index (κ2) is 6.52. The summed E-state index contributed by atoms with van der Waals surface area (Å²) in [6.45, 7) is 1.99. The molecule has 0 aliphatic heterocycles. The van der Waals surface area contributed by atoms with Crippen LogP contribution in [-0.4, -0.2) is 12.5 Å². The van der Waals surface area contributed by atoms with E-state index in [1.165, 1.54) is 12.1 Å². The fourth-order valence-corrected chi connectivity index (χ4v) is 2.10. The van der Waals surface area contributed by atoms with E-state index in [4.69, 9.17) is 0 Å². The molecule has 2 aromatic carbocycles. The lowest BCUT2D eigenvalue weighted by molar-refractivity contribution is -0.114. The summed E-state index contributed by atoms with van der Waals surface area (Å²) in [5, 5.41) is 5.70. The van der Waals surface area contributed by atoms with Gasteiger partial charge >= 0.3 is 0 Å². The minimum Gasteiger partial charge on any atom is -0.375 e. The van der Waals surface area contributed by atoms with Gasteiger partial charge in [-0.25, -0.2) is 4.39 Å². The molecular weight excluding hydrogens is 323 g/mol. The van der Waals surface area contributed by atoms with Crippen LogP contribution >= 0.6 is 15.9 Å². The van der Waals surface area contributed by atoms with E-state index in [0.29, 0.717) is 10.2 Å². The van der Waals surface area contributed by atoms with Crippen LogP contribution in [0.5, 0.6) is 0 Å². The third kappa shape index (κ3) is 3.81. The summed E-state index contributed by atoms with van der Waals surface area (Å²) in [6.07, 6.45) is 0. The Morgan fingerprint density at radius 3 is 2.70 bits per heavy atom. The Morgan fingerprint density at radius 2 is 1.95 bits per heavy atom. The number of halogens is 2. The summed E-state index contributed by atoms with van der Waals surface area (Å²) in [5.74, 6) is -0.537. The number of aryl methyl sites for hydroxylation is 1. The van der Waals surface area contributed by atoms with Gasteiger partial charge in [0.05, 0.1) is 12.2 Å². The molecular formula is C15H14BrFN2O. The number of rotatable bonds is 4. The van der Waals surface area contributed by atoms with Gasteiger partial charge in [-0.1, -0.05) is 18.2 Å². The second-order valence-electron chi connectivity index (χ2n) is 4.34. The lowest BCUT2D eigenvalue weighted by Gasteiger charge is -2.10. The van der Waals surface area contributed by atoms with Crippen molar-refractivity contribution in [3.63, 3.8) is 0 Å². The van der Waals surface area contributed by atoms with Crippen LogP contribution in [0.4, 0.5) is 15.8 Å². The minimum absolute atomic E-state index is 0.0659. The SMILES string of the molecule is Cc1ccccc1NC(=O)CNc1cc(F)ccc1Br. The standard InChI is InChI=1S/C15H14BrFN2O/c1-10-4-2-3-5-13(10)19-15(20)9-18-14-8-11(17)6-7-12(14)16/h2-8,18H,9H2,1H3,(H,19,20). The predicted octanol–water partition coefficient (Wildman–Crippen LogP) is 3.95. The highest BCUT2D eigenvalue weighted by molar-refractivity contribution is 9.10. The molecule has 0 bridgehead atoms. The summed E-state index contributed by atoms with van der Waals surface area (Å²) in [5.41, 5.74) is 2.32. The van der Waals surface area contributed by atoms with Crippen LogP contribution in [0.1, 0.15) is 5.56 Å². The maximum absolute atomic E-state index is 13.1. The fourth-order valence-electron chi connectivity index (χ4n) is 1.72. The maximum Gasteiger partial charge on any atom is 0.243 e. The molecule has 0 unspecified atom stereocenters. The predicted molar refractivity (Wildman–Crippen MR) is 82.4 cm³/mol. The first-order chi connectivity index (χ1) is 9.56. The quantitative estimate of drug-likeness (QED) is 0.887. The molecule has 1 amide bonds. The summed E-state index contributed by atoms with van der Waals surface area (Å²) < 4.78 is 13.8. The van der Waals surface area contributed by atoms with Crippen LogP contribution in [-0.2, 0) is 4.79 Å². The van der Waals surface area contributed by atoms with E-state index >= 15 is 0 Å². The lowest BCUT2D eigenvalue weighted by atomic mass is 10.2. The Bertz CT molecular complexity index is 631. The van der Waals surface area contributed by atoms with Crippen LogP contribution in [0.15, 0.2) is 46.9 Å². The summed E-state index contributed by atoms with van der Waals surface area (Å²) in [7, 11) is 0. The van der Waals surface area contributed by atoms with Gasteiger partial charge in [-0.2, -0.15) is 0 Å². The molecule has 0 aliphatic rings. The van der Waals surface area contributed by atoms with Gasteiger partial charge in [0.1, 0.15) is 5.82 Å². The van der Waals surface area contributed by atoms with Gasteiger partial charge in [-0.05, 0) is 52.7 Å². The molecule has 3 nitrogen and oxygen atoms in total. The van der Waals surface area contributed by atoms with Crippen LogP contribution in [0, 0.1) is 12.7 Å². The zero-order chi connectivity index (χ0) is 14.5. The first-order valence-electron chi connectivity index (χ1n) is 6.10. The molecule has 0 heterocycles. The number of nitrogens with one attached hydrogen (secondary N) is 2. The number of carbonyl (C=O) groups is 1. The molecule has 2 N–H and O–H groups in total. The lowest BCUT2D eigenvalue weighted by Crippen LogP contribution is -2.22. The van der Waals surface area contributed by atoms with Crippen molar-refractivity contribution >= 4 is 33.2 Å². The molecule has 0 radical (unpaired) electrons. The van der Waals surface area contributed by atoms with Crippen LogP contribution < -0.4 is 10.6 Å². The number of amides is 1. The number of hydrogen-bond acceptors (Lipinski definition) is 2. The van der Waals surface area contributed by atoms with E-state index in [1.54, 1.807) is 6.07 Å². The zero-order valence-corrected chi connectivity index (χ0v) is 12.5. The highest BCUT2D eigenvalue weighted by atomic mass is 79.9. The number of carbonyl (C=O) groups excluding carboxylic acids is 1. The fraction of sp³-hybridized carbons (Fsp3) is 0.133. The monoisotopic (exact) mass is 336 g/mol. The number of para-hydroxylation sites is 1. The summed E-state index contributed by atoms with van der Waals surface area (Å²) in [6, 6.07) is 11.8. The third-order valence-corrected chi connectivity index (χ3v) is 3.48. The van der Waals surface area contributed by atoms with E-state index < -0.39 is 0 Å². The third-order valence-electron chi connectivity index (χ3n) is 2.79. The topological polar surface area (TPSA) is 41.1 Å². The van der Waals surface area contributed by atoms with Crippen LogP contribution in [0.25, 0.3) is 0 Å². The van der Waals surface area contributed by atoms with E-state index in [2.05, 4.69) is 26.6 Å². The number of benzene rings is 2. The van der Waals surface area contributed by atoms with Crippen LogP contribution in [0.3, 0.4) is 0 Å². The number of anilines is 2. The molecule has 2 rings (SSSR count). The van der Waals surface area contributed by atoms with Crippen molar-refractivity contribution in [2.24, 2.45) is 0 Å².